The van der Waals surface area contributed by atoms with Gasteiger partial charge in [0.15, 0.2) is 0 Å². The molecule has 3 aromatic rings. The van der Waals surface area contributed by atoms with E-state index in [1.165, 1.54) is 61.6 Å². The predicted octanol–water partition coefficient (Wildman–Crippen LogP) is 9.23. The normalized spacial score (nSPS) is 13.4. The van der Waals surface area contributed by atoms with Crippen LogP contribution in [0.15, 0.2) is 30.3 Å². The maximum atomic E-state index is 10.8. The fourth-order valence-corrected chi connectivity index (χ4v) is 5.38. The van der Waals surface area contributed by atoms with E-state index in [4.69, 9.17) is 21.4 Å². The number of hydrogen-bond acceptors (Lipinski definition) is 2. The molecule has 36 heavy (non-hydrogen) atoms. The Labute approximate surface area is 224 Å². The van der Waals surface area contributed by atoms with Gasteiger partial charge in [-0.1, -0.05) is 75.1 Å². The molecular formula is C31H46ClNO3. The topological polar surface area (TPSA) is 51.5 Å². The van der Waals surface area contributed by atoms with Gasteiger partial charge in [0, 0.05) is 12.5 Å². The van der Waals surface area contributed by atoms with Crippen LogP contribution >= 0.6 is 11.6 Å². The van der Waals surface area contributed by atoms with Gasteiger partial charge in [-0.2, -0.15) is 0 Å². The minimum absolute atomic E-state index is 0. The third kappa shape index (κ3) is 8.58. The number of carboxylic acid groups (broad SMARTS) is 1. The molecule has 0 atom stereocenters. The van der Waals surface area contributed by atoms with Crippen LogP contribution in [0.2, 0.25) is 5.02 Å². The molecule has 0 radical (unpaired) electrons. The van der Waals surface area contributed by atoms with Crippen molar-refractivity contribution in [3.05, 3.63) is 63.3 Å². The number of methoxy groups -OCH3 is 1. The largest absolute Gasteiger partial charge is 0.495 e. The number of aromatic nitrogens is 1. The second-order valence-corrected chi connectivity index (χ2v) is 10.6. The third-order valence-electron chi connectivity index (χ3n) is 7.02. The van der Waals surface area contributed by atoms with Crippen LogP contribution < -0.4 is 4.74 Å². The Kier molecular flexibility index (Phi) is 11.8. The molecule has 4 nitrogen and oxygen atoms in total. The Hall–Kier alpha value is -2.46. The first kappa shape index (κ1) is 29.8. The van der Waals surface area contributed by atoms with Crippen molar-refractivity contribution in [3.63, 3.8) is 0 Å². The predicted molar refractivity (Wildman–Crippen MR) is 155 cm³/mol. The number of aryl methyl sites for hydroxylation is 5. The Morgan fingerprint density at radius 1 is 1.00 bits per heavy atom. The van der Waals surface area contributed by atoms with Crippen LogP contribution in [0.5, 0.6) is 5.75 Å². The van der Waals surface area contributed by atoms with Crippen LogP contribution in [0, 0.1) is 40.5 Å². The van der Waals surface area contributed by atoms with E-state index in [1.807, 2.05) is 50.5 Å². The molecule has 4 rings (SSSR count). The molecule has 0 amide bonds. The number of aliphatic carboxylic acids is 1. The summed E-state index contributed by atoms with van der Waals surface area (Å²) in [5.74, 6) is 1.04. The Morgan fingerprint density at radius 2 is 1.64 bits per heavy atom. The molecule has 0 saturated heterocycles. The Balaban J connectivity index is 0.000000287. The minimum atomic E-state index is -0.805. The van der Waals surface area contributed by atoms with E-state index in [0.717, 1.165) is 33.8 Å². The van der Waals surface area contributed by atoms with Crippen LogP contribution in [0.1, 0.15) is 81.2 Å². The third-order valence-corrected chi connectivity index (χ3v) is 7.31. The molecule has 1 aliphatic rings. The fourth-order valence-electron chi connectivity index (χ4n) is 5.08. The summed E-state index contributed by atoms with van der Waals surface area (Å²) >= 11 is 5.88. The van der Waals surface area contributed by atoms with Crippen molar-refractivity contribution in [2.75, 3.05) is 7.11 Å². The second kappa shape index (κ2) is 14.3. The number of fused-ring (bicyclic) bond motifs is 1. The van der Waals surface area contributed by atoms with Crippen molar-refractivity contribution < 1.29 is 16.1 Å². The zero-order chi connectivity index (χ0) is 26.8. The Morgan fingerprint density at radius 3 is 2.22 bits per heavy atom. The van der Waals surface area contributed by atoms with Gasteiger partial charge in [-0.3, -0.25) is 4.79 Å². The van der Waals surface area contributed by atoms with E-state index in [0.29, 0.717) is 5.02 Å². The van der Waals surface area contributed by atoms with Crippen LogP contribution in [-0.4, -0.2) is 22.8 Å². The van der Waals surface area contributed by atoms with E-state index in [1.54, 1.807) is 7.11 Å². The number of hydrogen-bond donors (Lipinski definition) is 1. The van der Waals surface area contributed by atoms with Crippen molar-refractivity contribution in [2.45, 2.75) is 93.0 Å². The standard InChI is InChI=1S/C13H15NO2.C9H11ClO.C9H18.H2/c1-8-4-9(2)13-11(5-8)6-10(3)14(13)7-12(15)16;1-6-4-8(10)9(11-3)5-7(6)2;1-2-6-9-7-4-3-5-8-9;/h4-6H,7H2,1-3H3,(H,15,16);4-5H,1-3H3;9H,2-8H2,1H3;1H. The summed E-state index contributed by atoms with van der Waals surface area (Å²) in [7, 11) is 1.62. The second-order valence-electron chi connectivity index (χ2n) is 10.1. The number of rotatable bonds is 5. The van der Waals surface area contributed by atoms with Gasteiger partial charge in [-0.15, -0.1) is 0 Å². The van der Waals surface area contributed by atoms with Gasteiger partial charge in [-0.25, -0.2) is 0 Å². The molecular weight excluding hydrogens is 470 g/mol. The molecule has 2 aromatic carbocycles. The molecule has 200 valence electrons. The Bertz CT molecular complexity index is 1150. The number of carbonyl (C=O) groups is 1. The summed E-state index contributed by atoms with van der Waals surface area (Å²) in [6.45, 7) is 12.4. The average molecular weight is 516 g/mol. The van der Waals surface area contributed by atoms with Crippen LogP contribution in [0.3, 0.4) is 0 Å². The zero-order valence-corrected chi connectivity index (χ0v) is 24.0. The molecule has 1 N–H and O–H groups in total. The smallest absolute Gasteiger partial charge is 0.323 e. The zero-order valence-electron chi connectivity index (χ0n) is 23.2. The highest BCUT2D eigenvalue weighted by Gasteiger charge is 2.12. The molecule has 0 bridgehead atoms. The summed E-state index contributed by atoms with van der Waals surface area (Å²) in [6, 6.07) is 10.1. The van der Waals surface area contributed by atoms with Gasteiger partial charge in [0.1, 0.15) is 12.3 Å². The molecule has 0 unspecified atom stereocenters. The summed E-state index contributed by atoms with van der Waals surface area (Å²) in [6.07, 6.45) is 10.4. The van der Waals surface area contributed by atoms with E-state index < -0.39 is 5.97 Å². The van der Waals surface area contributed by atoms with Crippen molar-refractivity contribution >= 4 is 28.5 Å². The number of halogens is 1. The summed E-state index contributed by atoms with van der Waals surface area (Å²) in [5, 5.41) is 10.7. The number of ether oxygens (including phenoxy) is 1. The summed E-state index contributed by atoms with van der Waals surface area (Å²) in [5.41, 5.74) is 6.75. The highest BCUT2D eigenvalue weighted by atomic mass is 35.5. The molecule has 1 aromatic heterocycles. The van der Waals surface area contributed by atoms with Crippen molar-refractivity contribution in [1.82, 2.24) is 4.57 Å². The van der Waals surface area contributed by atoms with E-state index >= 15 is 0 Å². The minimum Gasteiger partial charge on any atom is -0.495 e. The van der Waals surface area contributed by atoms with Gasteiger partial charge < -0.3 is 14.4 Å². The van der Waals surface area contributed by atoms with Gasteiger partial charge in [0.05, 0.1) is 17.6 Å². The number of benzene rings is 2. The lowest BCUT2D eigenvalue weighted by atomic mass is 9.86. The maximum Gasteiger partial charge on any atom is 0.323 e. The molecule has 1 aliphatic carbocycles. The molecule has 5 heteroatoms. The van der Waals surface area contributed by atoms with Gasteiger partial charge in [-0.05, 0) is 81.5 Å². The van der Waals surface area contributed by atoms with E-state index in [-0.39, 0.29) is 7.97 Å². The number of carboxylic acids is 1. The van der Waals surface area contributed by atoms with Crippen LogP contribution in [0.4, 0.5) is 0 Å². The van der Waals surface area contributed by atoms with Gasteiger partial charge >= 0.3 is 5.97 Å². The molecule has 0 spiro atoms. The lowest BCUT2D eigenvalue weighted by Crippen LogP contribution is -2.10. The first-order chi connectivity index (χ1) is 17.1. The van der Waals surface area contributed by atoms with Crippen molar-refractivity contribution in [3.8, 4) is 5.75 Å². The SMILES string of the molecule is CCCC1CCCCC1.COc1cc(C)c(C)cc1Cl.Cc1cc(C)c2c(c1)cc(C)n2CC(=O)O.[HH]. The highest BCUT2D eigenvalue weighted by molar-refractivity contribution is 6.32. The monoisotopic (exact) mass is 515 g/mol. The molecule has 1 saturated carbocycles. The van der Waals surface area contributed by atoms with Crippen LogP contribution in [0.25, 0.3) is 10.9 Å². The van der Waals surface area contributed by atoms with Gasteiger partial charge in [0.25, 0.3) is 0 Å². The van der Waals surface area contributed by atoms with E-state index in [2.05, 4.69) is 26.0 Å². The van der Waals surface area contributed by atoms with Crippen LogP contribution in [-0.2, 0) is 11.3 Å². The lowest BCUT2D eigenvalue weighted by molar-refractivity contribution is -0.137. The van der Waals surface area contributed by atoms with Gasteiger partial charge in [0.2, 0.25) is 0 Å². The number of nitrogens with zero attached hydrogens (tertiary/aromatic N) is 1. The molecule has 1 fully saturated rings. The molecule has 0 aliphatic heterocycles. The maximum absolute atomic E-state index is 10.8. The summed E-state index contributed by atoms with van der Waals surface area (Å²) in [4.78, 5) is 10.8. The average Bonchev–Trinajstić information content (AvgIpc) is 3.12. The first-order valence-corrected chi connectivity index (χ1v) is 13.5. The highest BCUT2D eigenvalue weighted by Crippen LogP contribution is 2.28. The fraction of sp³-hybridized carbons (Fsp3) is 0.516. The first-order valence-electron chi connectivity index (χ1n) is 13.2. The van der Waals surface area contributed by atoms with Crippen molar-refractivity contribution in [1.29, 1.82) is 0 Å². The van der Waals surface area contributed by atoms with Crippen molar-refractivity contribution in [2.24, 2.45) is 5.92 Å². The molecule has 1 heterocycles. The van der Waals surface area contributed by atoms with E-state index in [9.17, 15) is 4.79 Å². The lowest BCUT2D eigenvalue weighted by Gasteiger charge is -2.20. The quantitative estimate of drug-likeness (QED) is 0.368. The summed E-state index contributed by atoms with van der Waals surface area (Å²) < 4.78 is 6.90.